The molecule has 0 bridgehead atoms. The van der Waals surface area contributed by atoms with Gasteiger partial charge in [0.2, 0.25) is 0 Å². The van der Waals surface area contributed by atoms with Crippen LogP contribution in [0, 0.1) is 0 Å². The lowest BCUT2D eigenvalue weighted by atomic mass is 10.1. The zero-order valence-electron chi connectivity index (χ0n) is 14.0. The summed E-state index contributed by atoms with van der Waals surface area (Å²) < 4.78 is 0. The van der Waals surface area contributed by atoms with Gasteiger partial charge in [0, 0.05) is 44.1 Å². The molecular formula is C18H19N3O5. The number of carbonyl (C=O) groups is 2. The van der Waals surface area contributed by atoms with E-state index in [1.54, 1.807) is 28.1 Å². The summed E-state index contributed by atoms with van der Waals surface area (Å²) >= 11 is 0. The van der Waals surface area contributed by atoms with E-state index in [1.807, 2.05) is 0 Å². The van der Waals surface area contributed by atoms with Crippen molar-refractivity contribution >= 4 is 11.8 Å². The van der Waals surface area contributed by atoms with Crippen molar-refractivity contribution in [1.29, 1.82) is 0 Å². The van der Waals surface area contributed by atoms with Crippen LogP contribution in [0.15, 0.2) is 36.7 Å². The molecule has 8 nitrogen and oxygen atoms in total. The first-order chi connectivity index (χ1) is 12.5. The maximum atomic E-state index is 12.6. The molecule has 1 fully saturated rings. The van der Waals surface area contributed by atoms with Crippen LogP contribution in [0.4, 0.5) is 0 Å². The van der Waals surface area contributed by atoms with Crippen molar-refractivity contribution in [3.05, 3.63) is 47.8 Å². The number of aromatic nitrogens is 1. The lowest BCUT2D eigenvalue weighted by Crippen LogP contribution is -2.37. The monoisotopic (exact) mass is 357 g/mol. The standard InChI is InChI=1S/C18H19N3O5/c22-14-9-13(10-15(23)16(14)24)18(26)21-6-2-5-20(7-8-21)17(25)12-3-1-4-19-11-12/h1,3-4,9-11,22-24H,2,5-8H2. The van der Waals surface area contributed by atoms with E-state index >= 15 is 0 Å². The van der Waals surface area contributed by atoms with Gasteiger partial charge in [-0.2, -0.15) is 0 Å². The molecule has 0 radical (unpaired) electrons. The maximum Gasteiger partial charge on any atom is 0.255 e. The van der Waals surface area contributed by atoms with Crippen molar-refractivity contribution in [2.24, 2.45) is 0 Å². The number of nitrogens with zero attached hydrogens (tertiary/aromatic N) is 3. The summed E-state index contributed by atoms with van der Waals surface area (Å²) in [5.74, 6) is -2.29. The SMILES string of the molecule is O=C(c1cccnc1)N1CCCN(C(=O)c2cc(O)c(O)c(O)c2)CC1. The van der Waals surface area contributed by atoms with Gasteiger partial charge in [-0.3, -0.25) is 14.6 Å². The second-order valence-corrected chi connectivity index (χ2v) is 6.04. The van der Waals surface area contributed by atoms with Crippen molar-refractivity contribution in [3.8, 4) is 17.2 Å². The van der Waals surface area contributed by atoms with Gasteiger partial charge in [-0.1, -0.05) is 0 Å². The highest BCUT2D eigenvalue weighted by molar-refractivity contribution is 5.96. The number of pyridine rings is 1. The number of phenols is 3. The van der Waals surface area contributed by atoms with Crippen LogP contribution in [0.25, 0.3) is 0 Å². The average Bonchev–Trinajstić information content (AvgIpc) is 2.91. The number of carbonyl (C=O) groups excluding carboxylic acids is 2. The molecule has 3 N–H and O–H groups in total. The fourth-order valence-corrected chi connectivity index (χ4v) is 2.91. The summed E-state index contributed by atoms with van der Waals surface area (Å²) in [6.07, 6.45) is 3.72. The number of hydrogen-bond acceptors (Lipinski definition) is 6. The number of rotatable bonds is 2. The molecule has 0 atom stereocenters. The van der Waals surface area contributed by atoms with Crippen molar-refractivity contribution < 1.29 is 24.9 Å². The molecule has 136 valence electrons. The summed E-state index contributed by atoms with van der Waals surface area (Å²) in [6.45, 7) is 1.66. The minimum Gasteiger partial charge on any atom is -0.504 e. The number of phenolic OH excluding ortho intramolecular Hbond substituents is 3. The molecule has 2 aromatic rings. The molecule has 26 heavy (non-hydrogen) atoms. The van der Waals surface area contributed by atoms with Crippen LogP contribution < -0.4 is 0 Å². The Hall–Kier alpha value is -3.29. The van der Waals surface area contributed by atoms with E-state index < -0.39 is 17.2 Å². The highest BCUT2D eigenvalue weighted by atomic mass is 16.3. The van der Waals surface area contributed by atoms with Gasteiger partial charge in [-0.05, 0) is 30.7 Å². The number of hydrogen-bond donors (Lipinski definition) is 3. The molecule has 1 aromatic heterocycles. The van der Waals surface area contributed by atoms with Gasteiger partial charge in [0.25, 0.3) is 11.8 Å². The Morgan fingerprint density at radius 2 is 1.46 bits per heavy atom. The predicted octanol–water partition coefficient (Wildman–Crippen LogP) is 1.19. The van der Waals surface area contributed by atoms with Crippen LogP contribution in [-0.4, -0.2) is 68.1 Å². The van der Waals surface area contributed by atoms with Gasteiger partial charge < -0.3 is 25.1 Å². The van der Waals surface area contributed by atoms with Gasteiger partial charge in [-0.25, -0.2) is 0 Å². The fraction of sp³-hybridized carbons (Fsp3) is 0.278. The van der Waals surface area contributed by atoms with Crippen molar-refractivity contribution in [2.45, 2.75) is 6.42 Å². The molecule has 1 aliphatic rings. The Labute approximate surface area is 149 Å². The fourth-order valence-electron chi connectivity index (χ4n) is 2.91. The van der Waals surface area contributed by atoms with Gasteiger partial charge in [0.05, 0.1) is 5.56 Å². The van der Waals surface area contributed by atoms with Crippen molar-refractivity contribution in [3.63, 3.8) is 0 Å². The molecule has 1 saturated heterocycles. The van der Waals surface area contributed by atoms with Gasteiger partial charge in [0.15, 0.2) is 17.2 Å². The smallest absolute Gasteiger partial charge is 0.255 e. The Morgan fingerprint density at radius 3 is 2.00 bits per heavy atom. The first-order valence-electron chi connectivity index (χ1n) is 8.21. The van der Waals surface area contributed by atoms with Crippen LogP contribution in [0.2, 0.25) is 0 Å². The normalized spacial score (nSPS) is 14.8. The highest BCUT2D eigenvalue weighted by Gasteiger charge is 2.24. The van der Waals surface area contributed by atoms with Crippen LogP contribution in [0.1, 0.15) is 27.1 Å². The summed E-state index contributed by atoms with van der Waals surface area (Å²) in [4.78, 5) is 32.3. The van der Waals surface area contributed by atoms with Crippen LogP contribution in [-0.2, 0) is 0 Å². The first kappa shape index (κ1) is 17.5. The topological polar surface area (TPSA) is 114 Å². The quantitative estimate of drug-likeness (QED) is 0.696. The Kier molecular flexibility index (Phi) is 4.92. The molecule has 0 spiro atoms. The average molecular weight is 357 g/mol. The second-order valence-electron chi connectivity index (χ2n) is 6.04. The Morgan fingerprint density at radius 1 is 0.885 bits per heavy atom. The van der Waals surface area contributed by atoms with Crippen molar-refractivity contribution in [1.82, 2.24) is 14.8 Å². The van der Waals surface area contributed by atoms with E-state index in [0.717, 1.165) is 12.1 Å². The minimum atomic E-state index is -0.661. The largest absolute Gasteiger partial charge is 0.504 e. The minimum absolute atomic E-state index is 0.0739. The molecule has 0 unspecified atom stereocenters. The molecule has 1 aromatic carbocycles. The molecule has 0 saturated carbocycles. The van der Waals surface area contributed by atoms with Gasteiger partial charge in [0.1, 0.15) is 0 Å². The third-order valence-electron chi connectivity index (χ3n) is 4.30. The van der Waals surface area contributed by atoms with E-state index in [2.05, 4.69) is 4.98 Å². The molecule has 8 heteroatoms. The predicted molar refractivity (Wildman–Crippen MR) is 92.1 cm³/mol. The van der Waals surface area contributed by atoms with E-state index in [-0.39, 0.29) is 17.4 Å². The van der Waals surface area contributed by atoms with E-state index in [0.29, 0.717) is 38.2 Å². The molecular weight excluding hydrogens is 338 g/mol. The molecule has 3 rings (SSSR count). The Bertz CT molecular complexity index is 802. The zero-order chi connectivity index (χ0) is 18.7. The highest BCUT2D eigenvalue weighted by Crippen LogP contribution is 2.35. The molecule has 1 aliphatic heterocycles. The maximum absolute atomic E-state index is 12.6. The zero-order valence-corrected chi connectivity index (χ0v) is 14.0. The summed E-state index contributed by atoms with van der Waals surface area (Å²) in [5.41, 5.74) is 0.575. The van der Waals surface area contributed by atoms with E-state index in [1.165, 1.54) is 6.20 Å². The van der Waals surface area contributed by atoms with E-state index in [4.69, 9.17) is 0 Å². The van der Waals surface area contributed by atoms with Crippen LogP contribution in [0.5, 0.6) is 17.2 Å². The second kappa shape index (κ2) is 7.30. The molecule has 2 amide bonds. The van der Waals surface area contributed by atoms with Crippen LogP contribution >= 0.6 is 0 Å². The third-order valence-corrected chi connectivity index (χ3v) is 4.30. The van der Waals surface area contributed by atoms with Crippen LogP contribution in [0.3, 0.4) is 0 Å². The first-order valence-corrected chi connectivity index (χ1v) is 8.21. The lowest BCUT2D eigenvalue weighted by molar-refractivity contribution is 0.0718. The summed E-state index contributed by atoms with van der Waals surface area (Å²) in [6, 6.07) is 5.62. The Balaban J connectivity index is 1.70. The summed E-state index contributed by atoms with van der Waals surface area (Å²) in [7, 11) is 0. The molecule has 0 aliphatic carbocycles. The third kappa shape index (κ3) is 3.53. The molecule has 2 heterocycles. The number of amides is 2. The van der Waals surface area contributed by atoms with Crippen molar-refractivity contribution in [2.75, 3.05) is 26.2 Å². The lowest BCUT2D eigenvalue weighted by Gasteiger charge is -2.22. The number of aromatic hydroxyl groups is 3. The van der Waals surface area contributed by atoms with E-state index in [9.17, 15) is 24.9 Å². The van der Waals surface area contributed by atoms with Gasteiger partial charge in [-0.15, -0.1) is 0 Å². The number of benzene rings is 1. The van der Waals surface area contributed by atoms with Gasteiger partial charge >= 0.3 is 0 Å². The summed E-state index contributed by atoms with van der Waals surface area (Å²) in [5, 5.41) is 28.6.